The fourth-order valence-corrected chi connectivity index (χ4v) is 3.59. The van der Waals surface area contributed by atoms with Crippen molar-refractivity contribution in [1.29, 1.82) is 0 Å². The molecule has 10 heteroatoms. The molecule has 4 heterocycles. The molecule has 0 aliphatic heterocycles. The van der Waals surface area contributed by atoms with Crippen LogP contribution in [0.25, 0.3) is 22.0 Å². The van der Waals surface area contributed by atoms with Crippen molar-refractivity contribution < 1.29 is 9.53 Å². The summed E-state index contributed by atoms with van der Waals surface area (Å²) in [4.78, 5) is 29.9. The minimum absolute atomic E-state index is 0.202. The molecule has 1 amide bonds. The third kappa shape index (κ3) is 5.03. The SMILES string of the molecule is CC(C(=O)NCCOc1ccc(-c2ccccn2)nn1)n1nc(-c2cccs2)ccc1=O. The largest absolute Gasteiger partial charge is 0.475 e. The van der Waals surface area contributed by atoms with E-state index in [0.29, 0.717) is 17.3 Å². The number of ether oxygens (including phenoxy) is 1. The summed E-state index contributed by atoms with van der Waals surface area (Å²) in [7, 11) is 0. The molecule has 0 saturated carbocycles. The number of amides is 1. The molecule has 0 radical (unpaired) electrons. The summed E-state index contributed by atoms with van der Waals surface area (Å²) >= 11 is 1.52. The van der Waals surface area contributed by atoms with Crippen LogP contribution in [0.5, 0.6) is 5.88 Å². The molecule has 9 nitrogen and oxygen atoms in total. The first-order valence-corrected chi connectivity index (χ1v) is 10.8. The van der Waals surface area contributed by atoms with E-state index in [-0.39, 0.29) is 24.6 Å². The van der Waals surface area contributed by atoms with Gasteiger partial charge in [0, 0.05) is 18.3 Å². The molecule has 1 N–H and O–H groups in total. The molecule has 1 atom stereocenters. The van der Waals surface area contributed by atoms with Crippen LogP contribution in [0.3, 0.4) is 0 Å². The molecule has 0 aliphatic carbocycles. The van der Waals surface area contributed by atoms with Gasteiger partial charge in [-0.15, -0.1) is 21.5 Å². The molecule has 0 saturated heterocycles. The zero-order valence-electron chi connectivity index (χ0n) is 17.2. The summed E-state index contributed by atoms with van der Waals surface area (Å²) < 4.78 is 6.72. The summed E-state index contributed by atoms with van der Waals surface area (Å²) in [5.74, 6) is 0.0108. The molecule has 0 aromatic carbocycles. The van der Waals surface area contributed by atoms with Gasteiger partial charge in [0.1, 0.15) is 24.0 Å². The van der Waals surface area contributed by atoms with E-state index in [1.54, 1.807) is 31.3 Å². The lowest BCUT2D eigenvalue weighted by atomic mass is 10.2. The number of aromatic nitrogens is 5. The Labute approximate surface area is 187 Å². The Morgan fingerprint density at radius 3 is 2.66 bits per heavy atom. The van der Waals surface area contributed by atoms with Gasteiger partial charge in [0.05, 0.1) is 17.1 Å². The summed E-state index contributed by atoms with van der Waals surface area (Å²) in [5, 5.41) is 17.1. The summed E-state index contributed by atoms with van der Waals surface area (Å²) in [6.45, 7) is 2.07. The van der Waals surface area contributed by atoms with Gasteiger partial charge in [0.15, 0.2) is 0 Å². The molecule has 0 aliphatic rings. The molecule has 0 bridgehead atoms. The van der Waals surface area contributed by atoms with E-state index in [1.807, 2.05) is 35.7 Å². The first-order chi connectivity index (χ1) is 15.6. The Kier molecular flexibility index (Phi) is 6.61. The van der Waals surface area contributed by atoms with Crippen molar-refractivity contribution in [3.8, 4) is 27.8 Å². The average molecular weight is 449 g/mol. The Hall–Kier alpha value is -3.92. The normalized spacial score (nSPS) is 11.7. The molecule has 0 spiro atoms. The number of carbonyl (C=O) groups excluding carboxylic acids is 1. The first kappa shape index (κ1) is 21.3. The highest BCUT2D eigenvalue weighted by atomic mass is 32.1. The molecule has 4 aromatic heterocycles. The van der Waals surface area contributed by atoms with Crippen LogP contribution in [0.2, 0.25) is 0 Å². The van der Waals surface area contributed by atoms with Gasteiger partial charge >= 0.3 is 0 Å². The van der Waals surface area contributed by atoms with Crippen molar-refractivity contribution in [2.45, 2.75) is 13.0 Å². The fraction of sp³-hybridized carbons (Fsp3) is 0.182. The van der Waals surface area contributed by atoms with Gasteiger partial charge in [-0.3, -0.25) is 14.6 Å². The van der Waals surface area contributed by atoms with Crippen LogP contribution in [0, 0.1) is 0 Å². The molecule has 32 heavy (non-hydrogen) atoms. The van der Waals surface area contributed by atoms with Crippen LogP contribution in [0.1, 0.15) is 13.0 Å². The van der Waals surface area contributed by atoms with E-state index < -0.39 is 6.04 Å². The lowest BCUT2D eigenvalue weighted by molar-refractivity contribution is -0.124. The number of rotatable bonds is 8. The molecule has 1 unspecified atom stereocenters. The number of pyridine rings is 1. The molecular weight excluding hydrogens is 428 g/mol. The van der Waals surface area contributed by atoms with Gasteiger partial charge in [-0.05, 0) is 42.6 Å². The second kappa shape index (κ2) is 9.92. The minimum Gasteiger partial charge on any atom is -0.475 e. The van der Waals surface area contributed by atoms with E-state index in [2.05, 4.69) is 25.6 Å². The maximum Gasteiger partial charge on any atom is 0.267 e. The van der Waals surface area contributed by atoms with Gasteiger partial charge in [0.25, 0.3) is 5.56 Å². The predicted octanol–water partition coefficient (Wildman–Crippen LogP) is 2.58. The first-order valence-electron chi connectivity index (χ1n) is 9.91. The second-order valence-electron chi connectivity index (χ2n) is 6.77. The highest BCUT2D eigenvalue weighted by molar-refractivity contribution is 7.13. The number of hydrogen-bond acceptors (Lipinski definition) is 8. The second-order valence-corrected chi connectivity index (χ2v) is 7.71. The predicted molar refractivity (Wildman–Crippen MR) is 120 cm³/mol. The van der Waals surface area contributed by atoms with Crippen molar-refractivity contribution in [2.75, 3.05) is 13.2 Å². The van der Waals surface area contributed by atoms with Crippen molar-refractivity contribution in [3.63, 3.8) is 0 Å². The Bertz CT molecular complexity index is 1230. The summed E-state index contributed by atoms with van der Waals surface area (Å²) in [5.41, 5.74) is 1.67. The van der Waals surface area contributed by atoms with Crippen LogP contribution in [0.15, 0.2) is 71.0 Å². The Balaban J connectivity index is 1.30. The third-order valence-corrected chi connectivity index (χ3v) is 5.46. The van der Waals surface area contributed by atoms with Crippen LogP contribution in [0.4, 0.5) is 0 Å². The number of nitrogens with one attached hydrogen (secondary N) is 1. The summed E-state index contributed by atoms with van der Waals surface area (Å²) in [6, 6.07) is 15.1. The fourth-order valence-electron chi connectivity index (χ4n) is 2.89. The number of thiophene rings is 1. The average Bonchev–Trinajstić information content (AvgIpc) is 3.37. The number of nitrogens with zero attached hydrogens (tertiary/aromatic N) is 5. The van der Waals surface area contributed by atoms with E-state index in [4.69, 9.17) is 4.74 Å². The van der Waals surface area contributed by atoms with Crippen molar-refractivity contribution in [3.05, 3.63) is 76.5 Å². The van der Waals surface area contributed by atoms with Gasteiger partial charge in [-0.25, -0.2) is 4.68 Å². The molecule has 0 fully saturated rings. The van der Waals surface area contributed by atoms with Crippen LogP contribution in [-0.2, 0) is 4.79 Å². The zero-order valence-corrected chi connectivity index (χ0v) is 18.0. The maximum absolute atomic E-state index is 12.5. The molecular formula is C22H20N6O3S. The van der Waals surface area contributed by atoms with E-state index in [1.165, 1.54) is 22.1 Å². The monoisotopic (exact) mass is 448 g/mol. The molecule has 4 aromatic rings. The van der Waals surface area contributed by atoms with Crippen molar-refractivity contribution >= 4 is 17.2 Å². The van der Waals surface area contributed by atoms with Gasteiger partial charge in [-0.1, -0.05) is 12.1 Å². The Morgan fingerprint density at radius 2 is 1.94 bits per heavy atom. The standard InChI is InChI=1S/C22H20N6O3S/c1-15(28-21(29)10-8-18(27-28)19-6-4-14-32-19)22(30)24-12-13-31-20-9-7-17(25-26-20)16-5-2-3-11-23-16/h2-11,14-15H,12-13H2,1H3,(H,24,30). The topological polar surface area (TPSA) is 112 Å². The molecule has 162 valence electrons. The molecule has 4 rings (SSSR count). The lowest BCUT2D eigenvalue weighted by Crippen LogP contribution is -2.38. The summed E-state index contributed by atoms with van der Waals surface area (Å²) in [6.07, 6.45) is 1.69. The van der Waals surface area contributed by atoms with Crippen molar-refractivity contribution in [2.24, 2.45) is 0 Å². The smallest absolute Gasteiger partial charge is 0.267 e. The van der Waals surface area contributed by atoms with Gasteiger partial charge < -0.3 is 10.1 Å². The lowest BCUT2D eigenvalue weighted by Gasteiger charge is -2.14. The highest BCUT2D eigenvalue weighted by Crippen LogP contribution is 2.21. The van der Waals surface area contributed by atoms with E-state index in [9.17, 15) is 9.59 Å². The minimum atomic E-state index is -0.764. The number of hydrogen-bond donors (Lipinski definition) is 1. The van der Waals surface area contributed by atoms with Crippen LogP contribution < -0.4 is 15.6 Å². The Morgan fingerprint density at radius 1 is 1.06 bits per heavy atom. The van der Waals surface area contributed by atoms with Crippen LogP contribution >= 0.6 is 11.3 Å². The van der Waals surface area contributed by atoms with Crippen molar-refractivity contribution in [1.82, 2.24) is 30.3 Å². The maximum atomic E-state index is 12.5. The van der Waals surface area contributed by atoms with E-state index >= 15 is 0 Å². The quantitative estimate of drug-likeness (QED) is 0.412. The van der Waals surface area contributed by atoms with Crippen LogP contribution in [-0.4, -0.2) is 44.0 Å². The van der Waals surface area contributed by atoms with Gasteiger partial charge in [0.2, 0.25) is 11.8 Å². The van der Waals surface area contributed by atoms with E-state index in [0.717, 1.165) is 10.6 Å². The zero-order chi connectivity index (χ0) is 22.3. The third-order valence-electron chi connectivity index (χ3n) is 4.56. The number of carbonyl (C=O) groups is 1. The van der Waals surface area contributed by atoms with Gasteiger partial charge in [-0.2, -0.15) is 5.10 Å². The highest BCUT2D eigenvalue weighted by Gasteiger charge is 2.18.